The summed E-state index contributed by atoms with van der Waals surface area (Å²) in [6.07, 6.45) is 3.69. The van der Waals surface area contributed by atoms with E-state index in [9.17, 15) is 0 Å². The molecule has 0 spiro atoms. The third kappa shape index (κ3) is 4.38. The van der Waals surface area contributed by atoms with E-state index in [1.54, 1.807) is 0 Å². The van der Waals surface area contributed by atoms with E-state index in [4.69, 9.17) is 0 Å². The molecule has 0 heterocycles. The molecule has 1 unspecified atom stereocenters. The maximum atomic E-state index is 3.64. The predicted molar refractivity (Wildman–Crippen MR) is 82.3 cm³/mol. The van der Waals surface area contributed by atoms with Gasteiger partial charge in [-0.2, -0.15) is 0 Å². The highest BCUT2D eigenvalue weighted by molar-refractivity contribution is 9.11. The standard InChI is InChI=1S/C14H21Br2N/c1-4-10(5-2)8-14(17-3)12-9-11(15)6-7-13(12)16/h6-7,9-10,14,17H,4-5,8H2,1-3H3. The molecule has 0 saturated heterocycles. The topological polar surface area (TPSA) is 12.0 Å². The normalized spacial score (nSPS) is 13.1. The fourth-order valence-electron chi connectivity index (χ4n) is 2.14. The van der Waals surface area contributed by atoms with Crippen molar-refractivity contribution in [1.82, 2.24) is 5.32 Å². The van der Waals surface area contributed by atoms with Gasteiger partial charge in [-0.25, -0.2) is 0 Å². The summed E-state index contributed by atoms with van der Waals surface area (Å²) in [5.41, 5.74) is 1.34. The van der Waals surface area contributed by atoms with Crippen molar-refractivity contribution >= 4 is 31.9 Å². The lowest BCUT2D eigenvalue weighted by atomic mass is 9.91. The fourth-order valence-corrected chi connectivity index (χ4v) is 3.04. The molecule has 1 rings (SSSR count). The van der Waals surface area contributed by atoms with Crippen LogP contribution in [0.25, 0.3) is 0 Å². The van der Waals surface area contributed by atoms with Crippen molar-refractivity contribution in [2.45, 2.75) is 39.2 Å². The van der Waals surface area contributed by atoms with E-state index < -0.39 is 0 Å². The van der Waals surface area contributed by atoms with Gasteiger partial charge in [0, 0.05) is 15.0 Å². The second kappa shape index (κ2) is 7.55. The first-order chi connectivity index (χ1) is 8.12. The van der Waals surface area contributed by atoms with Gasteiger partial charge in [-0.15, -0.1) is 0 Å². The van der Waals surface area contributed by atoms with E-state index in [2.05, 4.69) is 69.2 Å². The molecule has 0 amide bonds. The van der Waals surface area contributed by atoms with Gasteiger partial charge in [0.2, 0.25) is 0 Å². The molecule has 17 heavy (non-hydrogen) atoms. The minimum atomic E-state index is 0.423. The molecule has 0 aromatic heterocycles. The van der Waals surface area contributed by atoms with E-state index in [-0.39, 0.29) is 0 Å². The van der Waals surface area contributed by atoms with Crippen molar-refractivity contribution in [2.24, 2.45) is 5.92 Å². The van der Waals surface area contributed by atoms with E-state index in [1.807, 2.05) is 7.05 Å². The first-order valence-electron chi connectivity index (χ1n) is 6.24. The number of hydrogen-bond acceptors (Lipinski definition) is 1. The first kappa shape index (κ1) is 15.2. The Morgan fingerprint density at radius 2 is 1.82 bits per heavy atom. The molecular weight excluding hydrogens is 342 g/mol. The highest BCUT2D eigenvalue weighted by Gasteiger charge is 2.17. The van der Waals surface area contributed by atoms with Crippen molar-refractivity contribution in [3.8, 4) is 0 Å². The molecule has 1 aromatic carbocycles. The Morgan fingerprint density at radius 3 is 2.35 bits per heavy atom. The molecule has 3 heteroatoms. The van der Waals surface area contributed by atoms with Crippen molar-refractivity contribution in [3.63, 3.8) is 0 Å². The van der Waals surface area contributed by atoms with Crippen LogP contribution in [0.4, 0.5) is 0 Å². The lowest BCUT2D eigenvalue weighted by Crippen LogP contribution is -2.20. The van der Waals surface area contributed by atoms with Crippen molar-refractivity contribution in [3.05, 3.63) is 32.7 Å². The summed E-state index contributed by atoms with van der Waals surface area (Å²) in [4.78, 5) is 0. The van der Waals surface area contributed by atoms with Gasteiger partial charge in [-0.3, -0.25) is 0 Å². The third-order valence-corrected chi connectivity index (χ3v) is 4.62. The number of benzene rings is 1. The molecule has 0 fully saturated rings. The Labute approximate surface area is 122 Å². The van der Waals surface area contributed by atoms with Crippen LogP contribution in [0, 0.1) is 5.92 Å². The van der Waals surface area contributed by atoms with Crippen LogP contribution >= 0.6 is 31.9 Å². The zero-order chi connectivity index (χ0) is 12.8. The van der Waals surface area contributed by atoms with Gasteiger partial charge in [-0.1, -0.05) is 58.5 Å². The minimum absolute atomic E-state index is 0.423. The monoisotopic (exact) mass is 361 g/mol. The maximum Gasteiger partial charge on any atom is 0.0331 e. The van der Waals surface area contributed by atoms with Gasteiger partial charge >= 0.3 is 0 Å². The predicted octanol–water partition coefficient (Wildman–Crippen LogP) is 5.30. The maximum absolute atomic E-state index is 3.64. The third-order valence-electron chi connectivity index (χ3n) is 3.41. The summed E-state index contributed by atoms with van der Waals surface area (Å²) in [5.74, 6) is 0.790. The number of nitrogens with one attached hydrogen (secondary N) is 1. The minimum Gasteiger partial charge on any atom is -0.313 e. The van der Waals surface area contributed by atoms with Gasteiger partial charge in [0.25, 0.3) is 0 Å². The zero-order valence-electron chi connectivity index (χ0n) is 10.8. The molecule has 1 atom stereocenters. The Bertz CT molecular complexity index is 348. The summed E-state index contributed by atoms with van der Waals surface area (Å²) >= 11 is 7.19. The highest BCUT2D eigenvalue weighted by Crippen LogP contribution is 2.31. The Kier molecular flexibility index (Phi) is 6.75. The van der Waals surface area contributed by atoms with Crippen LogP contribution < -0.4 is 5.32 Å². The van der Waals surface area contributed by atoms with Crippen LogP contribution in [-0.2, 0) is 0 Å². The second-order valence-electron chi connectivity index (χ2n) is 4.43. The van der Waals surface area contributed by atoms with Gasteiger partial charge in [-0.05, 0) is 43.1 Å². The number of halogens is 2. The van der Waals surface area contributed by atoms with Crippen molar-refractivity contribution < 1.29 is 0 Å². The molecule has 0 saturated carbocycles. The average molecular weight is 363 g/mol. The average Bonchev–Trinajstić information content (AvgIpc) is 2.34. The Hall–Kier alpha value is 0.140. The molecule has 0 radical (unpaired) electrons. The van der Waals surface area contributed by atoms with E-state index in [0.29, 0.717) is 6.04 Å². The quantitative estimate of drug-likeness (QED) is 0.724. The molecule has 1 aromatic rings. The molecule has 0 aliphatic rings. The molecule has 96 valence electrons. The van der Waals surface area contributed by atoms with Crippen molar-refractivity contribution in [2.75, 3.05) is 7.05 Å². The first-order valence-corrected chi connectivity index (χ1v) is 7.83. The second-order valence-corrected chi connectivity index (χ2v) is 6.20. The molecule has 0 aliphatic carbocycles. The van der Waals surface area contributed by atoms with Crippen LogP contribution in [0.15, 0.2) is 27.1 Å². The summed E-state index contributed by atoms with van der Waals surface area (Å²) in [7, 11) is 2.04. The molecule has 0 bridgehead atoms. The van der Waals surface area contributed by atoms with Gasteiger partial charge in [0.05, 0.1) is 0 Å². The van der Waals surface area contributed by atoms with Crippen LogP contribution in [0.3, 0.4) is 0 Å². The lowest BCUT2D eigenvalue weighted by molar-refractivity contribution is 0.384. The molecule has 1 N–H and O–H groups in total. The lowest BCUT2D eigenvalue weighted by Gasteiger charge is -2.23. The van der Waals surface area contributed by atoms with E-state index in [1.165, 1.54) is 29.3 Å². The van der Waals surface area contributed by atoms with Crippen molar-refractivity contribution in [1.29, 1.82) is 0 Å². The Morgan fingerprint density at radius 1 is 1.18 bits per heavy atom. The smallest absolute Gasteiger partial charge is 0.0331 e. The summed E-state index contributed by atoms with van der Waals surface area (Å²) < 4.78 is 2.33. The number of hydrogen-bond donors (Lipinski definition) is 1. The summed E-state index contributed by atoms with van der Waals surface area (Å²) in [6.45, 7) is 4.55. The fraction of sp³-hybridized carbons (Fsp3) is 0.571. The van der Waals surface area contributed by atoms with Crippen LogP contribution in [-0.4, -0.2) is 7.05 Å². The molecule has 0 aliphatic heterocycles. The largest absolute Gasteiger partial charge is 0.313 e. The molecule has 1 nitrogen and oxygen atoms in total. The van der Waals surface area contributed by atoms with Gasteiger partial charge < -0.3 is 5.32 Å². The van der Waals surface area contributed by atoms with Gasteiger partial charge in [0.1, 0.15) is 0 Å². The zero-order valence-corrected chi connectivity index (χ0v) is 13.9. The number of rotatable bonds is 6. The SMILES string of the molecule is CCC(CC)CC(NC)c1cc(Br)ccc1Br. The Balaban J connectivity index is 2.89. The van der Waals surface area contributed by atoms with Crippen LogP contribution in [0.5, 0.6) is 0 Å². The summed E-state index contributed by atoms with van der Waals surface area (Å²) in [6, 6.07) is 6.80. The summed E-state index contributed by atoms with van der Waals surface area (Å²) in [5, 5.41) is 3.43. The highest BCUT2D eigenvalue weighted by atomic mass is 79.9. The van der Waals surface area contributed by atoms with E-state index >= 15 is 0 Å². The van der Waals surface area contributed by atoms with Crippen LogP contribution in [0.1, 0.15) is 44.7 Å². The molecular formula is C14H21Br2N. The van der Waals surface area contributed by atoms with Gasteiger partial charge in [0.15, 0.2) is 0 Å². The van der Waals surface area contributed by atoms with E-state index in [0.717, 1.165) is 10.4 Å². The van der Waals surface area contributed by atoms with Crippen LogP contribution in [0.2, 0.25) is 0 Å².